The van der Waals surface area contributed by atoms with Gasteiger partial charge in [0.1, 0.15) is 0 Å². The highest BCUT2D eigenvalue weighted by Gasteiger charge is 2.02. The molecular weight excluding hydrogens is 300 g/mol. The van der Waals surface area contributed by atoms with Crippen molar-refractivity contribution in [3.8, 4) is 0 Å². The van der Waals surface area contributed by atoms with E-state index < -0.39 is 0 Å². The first-order valence-corrected chi connectivity index (χ1v) is 8.16. The van der Waals surface area contributed by atoms with Crippen molar-refractivity contribution >= 4 is 11.9 Å². The van der Waals surface area contributed by atoms with Crippen molar-refractivity contribution < 1.29 is 4.79 Å². The molecule has 5 heteroatoms. The van der Waals surface area contributed by atoms with E-state index in [1.165, 1.54) is 5.56 Å². The molecule has 2 aromatic rings. The number of amides is 1. The van der Waals surface area contributed by atoms with E-state index in [0.717, 1.165) is 19.4 Å². The summed E-state index contributed by atoms with van der Waals surface area (Å²) >= 11 is 0. The molecule has 0 aliphatic rings. The Morgan fingerprint density at radius 1 is 0.917 bits per heavy atom. The van der Waals surface area contributed by atoms with Crippen molar-refractivity contribution in [2.24, 2.45) is 10.7 Å². The molecule has 0 aromatic heterocycles. The normalized spacial score (nSPS) is 11.1. The summed E-state index contributed by atoms with van der Waals surface area (Å²) in [5.41, 5.74) is 7.76. The maximum Gasteiger partial charge on any atom is 0.251 e. The third kappa shape index (κ3) is 6.52. The van der Waals surface area contributed by atoms with Crippen LogP contribution >= 0.6 is 0 Å². The molecule has 0 bridgehead atoms. The minimum absolute atomic E-state index is 0.0615. The molecule has 2 rings (SSSR count). The van der Waals surface area contributed by atoms with Crippen molar-refractivity contribution in [1.82, 2.24) is 10.6 Å². The third-order valence-electron chi connectivity index (χ3n) is 3.50. The van der Waals surface area contributed by atoms with E-state index >= 15 is 0 Å². The van der Waals surface area contributed by atoms with Crippen molar-refractivity contribution in [2.45, 2.75) is 12.8 Å². The van der Waals surface area contributed by atoms with Gasteiger partial charge in [-0.05, 0) is 30.5 Å². The third-order valence-corrected chi connectivity index (χ3v) is 3.50. The molecule has 0 heterocycles. The summed E-state index contributed by atoms with van der Waals surface area (Å²) in [6.45, 7) is 1.91. The first-order chi connectivity index (χ1) is 11.8. The summed E-state index contributed by atoms with van der Waals surface area (Å²) < 4.78 is 0. The highest BCUT2D eigenvalue weighted by atomic mass is 16.1. The lowest BCUT2D eigenvalue weighted by Gasteiger charge is -2.06. The molecule has 2 aromatic carbocycles. The molecule has 0 aliphatic carbocycles. The standard InChI is InChI=1S/C19H24N4O/c20-19(23-15-12-16-8-3-1-4-9-16)22-14-7-13-21-18(24)17-10-5-2-6-11-17/h1-6,8-11H,7,12-15H2,(H,21,24)(H3,20,22,23). The molecule has 4 N–H and O–H groups in total. The molecule has 0 radical (unpaired) electrons. The van der Waals surface area contributed by atoms with Crippen LogP contribution in [0.2, 0.25) is 0 Å². The van der Waals surface area contributed by atoms with E-state index in [4.69, 9.17) is 5.73 Å². The van der Waals surface area contributed by atoms with Crippen LogP contribution in [-0.4, -0.2) is 31.5 Å². The summed E-state index contributed by atoms with van der Waals surface area (Å²) in [4.78, 5) is 16.1. The van der Waals surface area contributed by atoms with E-state index in [1.54, 1.807) is 12.1 Å². The Morgan fingerprint density at radius 3 is 2.29 bits per heavy atom. The van der Waals surface area contributed by atoms with Crippen molar-refractivity contribution in [3.63, 3.8) is 0 Å². The highest BCUT2D eigenvalue weighted by Crippen LogP contribution is 1.98. The molecule has 5 nitrogen and oxygen atoms in total. The Balaban J connectivity index is 1.57. The molecule has 0 unspecified atom stereocenters. The quantitative estimate of drug-likeness (QED) is 0.394. The zero-order valence-electron chi connectivity index (χ0n) is 13.7. The minimum atomic E-state index is -0.0615. The van der Waals surface area contributed by atoms with E-state index in [9.17, 15) is 4.79 Å². The van der Waals surface area contributed by atoms with Crippen LogP contribution in [0.4, 0.5) is 0 Å². The number of nitrogens with one attached hydrogen (secondary N) is 2. The largest absolute Gasteiger partial charge is 0.370 e. The van der Waals surface area contributed by atoms with Gasteiger partial charge in [-0.1, -0.05) is 48.5 Å². The second-order valence-corrected chi connectivity index (χ2v) is 5.40. The Labute approximate surface area is 143 Å². The van der Waals surface area contributed by atoms with Gasteiger partial charge in [0.05, 0.1) is 0 Å². The van der Waals surface area contributed by atoms with Crippen LogP contribution in [0.3, 0.4) is 0 Å². The molecule has 0 saturated carbocycles. The maximum atomic E-state index is 11.8. The number of aliphatic imine (C=N–C) groups is 1. The molecule has 0 spiro atoms. The van der Waals surface area contributed by atoms with Gasteiger partial charge in [0, 0.05) is 25.2 Å². The van der Waals surface area contributed by atoms with Crippen molar-refractivity contribution in [3.05, 3.63) is 71.8 Å². The van der Waals surface area contributed by atoms with Gasteiger partial charge in [0.2, 0.25) is 0 Å². The Morgan fingerprint density at radius 2 is 1.58 bits per heavy atom. The van der Waals surface area contributed by atoms with Gasteiger partial charge < -0.3 is 16.4 Å². The lowest BCUT2D eigenvalue weighted by molar-refractivity contribution is 0.0953. The van der Waals surface area contributed by atoms with Gasteiger partial charge >= 0.3 is 0 Å². The van der Waals surface area contributed by atoms with Gasteiger partial charge in [-0.15, -0.1) is 0 Å². The van der Waals surface area contributed by atoms with Crippen LogP contribution in [0.15, 0.2) is 65.7 Å². The van der Waals surface area contributed by atoms with Crippen LogP contribution in [0.5, 0.6) is 0 Å². The fourth-order valence-corrected chi connectivity index (χ4v) is 2.21. The summed E-state index contributed by atoms with van der Waals surface area (Å²) in [6.07, 6.45) is 1.66. The number of hydrogen-bond acceptors (Lipinski definition) is 2. The summed E-state index contributed by atoms with van der Waals surface area (Å²) in [5.74, 6) is 0.383. The average Bonchev–Trinajstić information content (AvgIpc) is 2.63. The summed E-state index contributed by atoms with van der Waals surface area (Å²) in [5, 5.41) is 5.96. The zero-order valence-corrected chi connectivity index (χ0v) is 13.7. The second-order valence-electron chi connectivity index (χ2n) is 5.40. The van der Waals surface area contributed by atoms with E-state index in [-0.39, 0.29) is 5.91 Å². The van der Waals surface area contributed by atoms with Crippen LogP contribution < -0.4 is 16.4 Å². The average molecular weight is 324 g/mol. The van der Waals surface area contributed by atoms with E-state index in [0.29, 0.717) is 24.6 Å². The Kier molecular flexibility index (Phi) is 7.34. The zero-order chi connectivity index (χ0) is 17.0. The predicted molar refractivity (Wildman–Crippen MR) is 98.0 cm³/mol. The maximum absolute atomic E-state index is 11.8. The topological polar surface area (TPSA) is 79.5 Å². The summed E-state index contributed by atoms with van der Waals surface area (Å²) in [6, 6.07) is 19.4. The SMILES string of the molecule is NC(=NCCCNC(=O)c1ccccc1)NCCc1ccccc1. The van der Waals surface area contributed by atoms with Gasteiger partial charge in [-0.2, -0.15) is 0 Å². The number of benzene rings is 2. The minimum Gasteiger partial charge on any atom is -0.370 e. The number of guanidine groups is 1. The molecule has 1 amide bonds. The van der Waals surface area contributed by atoms with Crippen LogP contribution in [0.1, 0.15) is 22.3 Å². The lowest BCUT2D eigenvalue weighted by atomic mass is 10.1. The van der Waals surface area contributed by atoms with Gasteiger partial charge in [0.15, 0.2) is 5.96 Å². The van der Waals surface area contributed by atoms with E-state index in [2.05, 4.69) is 27.8 Å². The van der Waals surface area contributed by atoms with Crippen LogP contribution in [-0.2, 0) is 6.42 Å². The number of hydrogen-bond donors (Lipinski definition) is 3. The molecule has 24 heavy (non-hydrogen) atoms. The smallest absolute Gasteiger partial charge is 0.251 e. The van der Waals surface area contributed by atoms with Crippen LogP contribution in [0, 0.1) is 0 Å². The van der Waals surface area contributed by atoms with Gasteiger partial charge in [-0.3, -0.25) is 9.79 Å². The predicted octanol–water partition coefficient (Wildman–Crippen LogP) is 1.95. The second kappa shape index (κ2) is 10.0. The first kappa shape index (κ1) is 17.5. The number of rotatable bonds is 8. The fourth-order valence-electron chi connectivity index (χ4n) is 2.21. The highest BCUT2D eigenvalue weighted by molar-refractivity contribution is 5.94. The van der Waals surface area contributed by atoms with Crippen molar-refractivity contribution in [1.29, 1.82) is 0 Å². The van der Waals surface area contributed by atoms with Crippen molar-refractivity contribution in [2.75, 3.05) is 19.6 Å². The molecule has 126 valence electrons. The fraction of sp³-hybridized carbons (Fsp3) is 0.263. The Hall–Kier alpha value is -2.82. The lowest BCUT2D eigenvalue weighted by Crippen LogP contribution is -2.33. The molecule has 0 aliphatic heterocycles. The van der Waals surface area contributed by atoms with Crippen LogP contribution in [0.25, 0.3) is 0 Å². The first-order valence-electron chi connectivity index (χ1n) is 8.16. The summed E-state index contributed by atoms with van der Waals surface area (Å²) in [7, 11) is 0. The number of carbonyl (C=O) groups is 1. The molecule has 0 fully saturated rings. The van der Waals surface area contributed by atoms with E-state index in [1.807, 2.05) is 36.4 Å². The Bertz CT molecular complexity index is 641. The molecule has 0 atom stereocenters. The monoisotopic (exact) mass is 324 g/mol. The number of carbonyl (C=O) groups excluding carboxylic acids is 1. The molecular formula is C19H24N4O. The van der Waals surface area contributed by atoms with Gasteiger partial charge in [-0.25, -0.2) is 0 Å². The van der Waals surface area contributed by atoms with Gasteiger partial charge in [0.25, 0.3) is 5.91 Å². The molecule has 0 saturated heterocycles. The number of nitrogens with two attached hydrogens (primary N) is 1. The number of nitrogens with zero attached hydrogens (tertiary/aromatic N) is 1.